The highest BCUT2D eigenvalue weighted by Crippen LogP contribution is 2.33. The lowest BCUT2D eigenvalue weighted by Gasteiger charge is -2.30. The maximum atomic E-state index is 13.2. The lowest BCUT2D eigenvalue weighted by molar-refractivity contribution is 0.477. The van der Waals surface area contributed by atoms with E-state index in [0.29, 0.717) is 25.3 Å². The molecule has 1 fully saturated rings. The monoisotopic (exact) mass is 420 g/mol. The average molecular weight is 421 g/mol. The number of anilines is 1. The van der Waals surface area contributed by atoms with E-state index in [9.17, 15) is 16.8 Å². The summed E-state index contributed by atoms with van der Waals surface area (Å²) >= 11 is 0. The Labute approximate surface area is 166 Å². The Kier molecular flexibility index (Phi) is 4.97. The molecule has 6 nitrogen and oxygen atoms in total. The van der Waals surface area contributed by atoms with Crippen molar-refractivity contribution < 1.29 is 16.8 Å². The van der Waals surface area contributed by atoms with E-state index in [1.54, 1.807) is 0 Å². The van der Waals surface area contributed by atoms with Crippen molar-refractivity contribution in [2.75, 3.05) is 23.9 Å². The molecule has 0 N–H and O–H groups in total. The largest absolute Gasteiger partial charge is 0.266 e. The van der Waals surface area contributed by atoms with E-state index in [2.05, 4.69) is 0 Å². The number of hydrogen-bond acceptors (Lipinski definition) is 4. The quantitative estimate of drug-likeness (QED) is 0.762. The first-order valence-corrected chi connectivity index (χ1v) is 12.4. The van der Waals surface area contributed by atoms with Gasteiger partial charge in [0.2, 0.25) is 10.0 Å². The van der Waals surface area contributed by atoms with Crippen LogP contribution in [0.3, 0.4) is 0 Å². The Morgan fingerprint density at radius 3 is 2.00 bits per heavy atom. The van der Waals surface area contributed by atoms with E-state index in [0.717, 1.165) is 36.8 Å². The average Bonchev–Trinajstić information content (AvgIpc) is 3.23. The highest BCUT2D eigenvalue weighted by Gasteiger charge is 2.31. The van der Waals surface area contributed by atoms with Gasteiger partial charge in [-0.25, -0.2) is 16.8 Å². The second-order valence-electron chi connectivity index (χ2n) is 7.40. The molecule has 0 amide bonds. The minimum absolute atomic E-state index is 0.112. The zero-order chi connectivity index (χ0) is 19.9. The van der Waals surface area contributed by atoms with Gasteiger partial charge in [0.05, 0.1) is 15.5 Å². The van der Waals surface area contributed by atoms with E-state index < -0.39 is 20.0 Å². The number of aryl methyl sites for hydroxylation is 2. The summed E-state index contributed by atoms with van der Waals surface area (Å²) in [5.74, 6) is 0. The van der Waals surface area contributed by atoms with Gasteiger partial charge >= 0.3 is 0 Å². The first kappa shape index (κ1) is 19.4. The summed E-state index contributed by atoms with van der Waals surface area (Å²) in [4.78, 5) is 0.254. The molecular weight excluding hydrogens is 396 g/mol. The Morgan fingerprint density at radius 1 is 0.750 bits per heavy atom. The molecule has 0 atom stereocenters. The zero-order valence-electron chi connectivity index (χ0n) is 15.8. The summed E-state index contributed by atoms with van der Waals surface area (Å²) in [6, 6.07) is 11.4. The number of sulfonamides is 2. The molecule has 2 aromatic carbocycles. The van der Waals surface area contributed by atoms with Gasteiger partial charge in [0, 0.05) is 19.6 Å². The van der Waals surface area contributed by atoms with Gasteiger partial charge in [0.15, 0.2) is 0 Å². The Hall–Kier alpha value is -1.90. The number of fused-ring (bicyclic) bond motifs is 1. The topological polar surface area (TPSA) is 74.8 Å². The van der Waals surface area contributed by atoms with E-state index >= 15 is 0 Å². The number of nitrogens with zero attached hydrogens (tertiary/aromatic N) is 2. The minimum atomic E-state index is -3.74. The zero-order valence-corrected chi connectivity index (χ0v) is 17.5. The van der Waals surface area contributed by atoms with E-state index in [1.165, 1.54) is 32.9 Å². The second kappa shape index (κ2) is 7.17. The Morgan fingerprint density at radius 2 is 1.36 bits per heavy atom. The normalized spacial score (nSPS) is 18.2. The van der Waals surface area contributed by atoms with Crippen molar-refractivity contribution in [1.29, 1.82) is 0 Å². The molecule has 0 saturated carbocycles. The van der Waals surface area contributed by atoms with Gasteiger partial charge in [-0.1, -0.05) is 17.7 Å². The molecule has 0 aromatic heterocycles. The van der Waals surface area contributed by atoms with Crippen LogP contribution in [0, 0.1) is 6.92 Å². The van der Waals surface area contributed by atoms with Crippen LogP contribution in [0.25, 0.3) is 0 Å². The summed E-state index contributed by atoms with van der Waals surface area (Å²) < 4.78 is 54.7. The van der Waals surface area contributed by atoms with Crippen LogP contribution in [0.15, 0.2) is 52.3 Å². The van der Waals surface area contributed by atoms with Crippen LogP contribution in [0.4, 0.5) is 5.69 Å². The van der Waals surface area contributed by atoms with E-state index in [4.69, 9.17) is 0 Å². The molecule has 2 aromatic rings. The Bertz CT molecular complexity index is 1090. The number of hydrogen-bond donors (Lipinski definition) is 0. The predicted octanol–water partition coefficient (Wildman–Crippen LogP) is 2.92. The third-order valence-electron chi connectivity index (χ3n) is 5.43. The fraction of sp³-hybridized carbons (Fsp3) is 0.400. The van der Waals surface area contributed by atoms with Crippen LogP contribution >= 0.6 is 0 Å². The van der Waals surface area contributed by atoms with Crippen LogP contribution in [-0.2, 0) is 26.5 Å². The summed E-state index contributed by atoms with van der Waals surface area (Å²) in [5.41, 5.74) is 2.85. The molecule has 4 rings (SSSR count). The molecular formula is C20H24N2O4S2. The van der Waals surface area contributed by atoms with Gasteiger partial charge in [0.25, 0.3) is 10.0 Å². The van der Waals surface area contributed by atoms with Crippen molar-refractivity contribution in [2.24, 2.45) is 0 Å². The molecule has 0 unspecified atom stereocenters. The molecule has 0 radical (unpaired) electrons. The first-order valence-electron chi connectivity index (χ1n) is 9.53. The highest BCUT2D eigenvalue weighted by molar-refractivity contribution is 7.93. The molecule has 2 aliphatic heterocycles. The lowest BCUT2D eigenvalue weighted by atomic mass is 10.0. The van der Waals surface area contributed by atoms with Crippen LogP contribution in [0.1, 0.15) is 30.4 Å². The summed E-state index contributed by atoms with van der Waals surface area (Å²) in [7, 11) is -7.30. The molecule has 8 heteroatoms. The van der Waals surface area contributed by atoms with E-state index in [1.807, 2.05) is 25.1 Å². The van der Waals surface area contributed by atoms with E-state index in [-0.39, 0.29) is 9.79 Å². The fourth-order valence-corrected chi connectivity index (χ4v) is 6.99. The van der Waals surface area contributed by atoms with Crippen LogP contribution in [0.2, 0.25) is 0 Å². The molecule has 0 bridgehead atoms. The minimum Gasteiger partial charge on any atom is -0.266 e. The van der Waals surface area contributed by atoms with Gasteiger partial charge in [-0.3, -0.25) is 4.31 Å². The number of rotatable bonds is 4. The molecule has 0 aliphatic carbocycles. The second-order valence-corrected chi connectivity index (χ2v) is 11.2. The fourth-order valence-electron chi connectivity index (χ4n) is 3.93. The molecule has 2 heterocycles. The maximum absolute atomic E-state index is 13.2. The molecule has 0 spiro atoms. The first-order chi connectivity index (χ1) is 13.3. The molecule has 2 aliphatic rings. The van der Waals surface area contributed by atoms with Crippen LogP contribution in [-0.4, -0.2) is 40.8 Å². The van der Waals surface area contributed by atoms with Crippen molar-refractivity contribution in [3.8, 4) is 0 Å². The van der Waals surface area contributed by atoms with Crippen molar-refractivity contribution >= 4 is 25.7 Å². The smallest absolute Gasteiger partial charge is 0.264 e. The standard InChI is InChI=1S/C20H24N2O4S2/c1-16-6-11-20-17(15-16)5-4-14-22(20)28(25,26)19-9-7-18(8-10-19)27(23,24)21-12-2-3-13-21/h6-11,15H,2-5,12-14H2,1H3. The summed E-state index contributed by atoms with van der Waals surface area (Å²) in [6.07, 6.45) is 3.34. The summed E-state index contributed by atoms with van der Waals surface area (Å²) in [5, 5.41) is 0. The van der Waals surface area contributed by atoms with Crippen molar-refractivity contribution in [1.82, 2.24) is 4.31 Å². The van der Waals surface area contributed by atoms with Gasteiger partial charge < -0.3 is 0 Å². The van der Waals surface area contributed by atoms with Gasteiger partial charge in [-0.2, -0.15) is 4.31 Å². The molecule has 150 valence electrons. The highest BCUT2D eigenvalue weighted by atomic mass is 32.2. The van der Waals surface area contributed by atoms with Gasteiger partial charge in [-0.05, 0) is 68.5 Å². The summed E-state index contributed by atoms with van der Waals surface area (Å²) in [6.45, 7) is 3.46. The maximum Gasteiger partial charge on any atom is 0.264 e. The predicted molar refractivity (Wildman–Crippen MR) is 108 cm³/mol. The van der Waals surface area contributed by atoms with Crippen molar-refractivity contribution in [3.05, 3.63) is 53.6 Å². The number of benzene rings is 2. The van der Waals surface area contributed by atoms with Crippen LogP contribution < -0.4 is 4.31 Å². The lowest BCUT2D eigenvalue weighted by Crippen LogP contribution is -2.35. The van der Waals surface area contributed by atoms with Crippen molar-refractivity contribution in [2.45, 2.75) is 42.4 Å². The van der Waals surface area contributed by atoms with Crippen molar-refractivity contribution in [3.63, 3.8) is 0 Å². The van der Waals surface area contributed by atoms with Gasteiger partial charge in [-0.15, -0.1) is 0 Å². The third kappa shape index (κ3) is 3.33. The van der Waals surface area contributed by atoms with Crippen LogP contribution in [0.5, 0.6) is 0 Å². The third-order valence-corrected chi connectivity index (χ3v) is 9.17. The Balaban J connectivity index is 1.66. The SMILES string of the molecule is Cc1ccc2c(c1)CCCN2S(=O)(=O)c1ccc(S(=O)(=O)N2CCCC2)cc1. The molecule has 1 saturated heterocycles. The van der Waals surface area contributed by atoms with Gasteiger partial charge in [0.1, 0.15) is 0 Å². The molecule has 28 heavy (non-hydrogen) atoms.